The Labute approximate surface area is 81.9 Å². The number of aromatic nitrogens is 3. The van der Waals surface area contributed by atoms with Gasteiger partial charge in [0.05, 0.1) is 12.3 Å². The molecule has 4 heteroatoms. The highest BCUT2D eigenvalue weighted by molar-refractivity contribution is 5.65. The van der Waals surface area contributed by atoms with E-state index < -0.39 is 0 Å². The van der Waals surface area contributed by atoms with Gasteiger partial charge in [-0.15, -0.1) is 5.10 Å². The monoisotopic (exact) mass is 188 g/mol. The third kappa shape index (κ3) is 1.59. The van der Waals surface area contributed by atoms with Crippen molar-refractivity contribution >= 4 is 0 Å². The molecule has 0 aliphatic rings. The van der Waals surface area contributed by atoms with Gasteiger partial charge in [-0.2, -0.15) is 0 Å². The zero-order valence-electron chi connectivity index (χ0n) is 7.82. The predicted octanol–water partition coefficient (Wildman–Crippen LogP) is 1.67. The number of nitrogens with one attached hydrogen (secondary N) is 1. The quantitative estimate of drug-likeness (QED) is 0.797. The van der Waals surface area contributed by atoms with E-state index in [1.165, 1.54) is 0 Å². The van der Waals surface area contributed by atoms with Crippen molar-refractivity contribution in [3.8, 4) is 17.0 Å². The highest BCUT2D eigenvalue weighted by Gasteiger charge is 2.06. The summed E-state index contributed by atoms with van der Waals surface area (Å²) in [5.74, 6) is 0.817. The van der Waals surface area contributed by atoms with E-state index >= 15 is 0 Å². The summed E-state index contributed by atoms with van der Waals surface area (Å²) in [5.41, 5.74) is 1.67. The van der Waals surface area contributed by atoms with Crippen LogP contribution in [0.1, 0.15) is 6.92 Å². The fourth-order valence-corrected chi connectivity index (χ4v) is 1.25. The Morgan fingerprint density at radius 3 is 3.00 bits per heavy atom. The molecule has 71 valence electrons. The molecule has 1 N–H and O–H groups in total. The normalized spacial score (nSPS) is 10.1. The molecule has 1 heterocycles. The van der Waals surface area contributed by atoms with Gasteiger partial charge in [0, 0.05) is 5.56 Å². The summed E-state index contributed by atoms with van der Waals surface area (Å²) in [6.07, 6.45) is 2.76. The van der Waals surface area contributed by atoms with E-state index in [0.29, 0.717) is 6.61 Å². The van der Waals surface area contributed by atoms with Crippen LogP contribution in [0.2, 0.25) is 0 Å². The van der Waals surface area contributed by atoms with Gasteiger partial charge in [0.15, 0.2) is 0 Å². The van der Waals surface area contributed by atoms with Gasteiger partial charge in [0.2, 0.25) is 0 Å². The summed E-state index contributed by atoms with van der Waals surface area (Å²) in [4.78, 5) is 0. The topological polar surface area (TPSA) is 50.8 Å². The maximum Gasteiger partial charge on any atom is 0.143 e. The van der Waals surface area contributed by atoms with E-state index in [-0.39, 0.29) is 0 Å². The fourth-order valence-electron chi connectivity index (χ4n) is 1.25. The van der Waals surface area contributed by atoms with Crippen LogP contribution in [0.5, 0.6) is 5.75 Å². The maximum atomic E-state index is 5.47. The summed E-state index contributed by atoms with van der Waals surface area (Å²) in [7, 11) is 0. The highest BCUT2D eigenvalue weighted by atomic mass is 16.5. The number of ether oxygens (including phenoxy) is 1. The zero-order valence-corrected chi connectivity index (χ0v) is 7.82. The molecule has 1 aromatic carbocycles. The molecule has 0 atom stereocenters. The first-order valence-electron chi connectivity index (χ1n) is 4.42. The standard InChI is InChI=1S/C10H10N3O/c1-2-14-10-6-4-3-5-8(10)9-7-11-13-12-9/h3-6H,2H2,1H3,(H,11,12,13). The Morgan fingerprint density at radius 1 is 1.43 bits per heavy atom. The van der Waals surface area contributed by atoms with Crippen molar-refractivity contribution in [2.45, 2.75) is 6.92 Å². The lowest BCUT2D eigenvalue weighted by Gasteiger charge is -2.06. The molecule has 0 unspecified atom stereocenters. The van der Waals surface area contributed by atoms with Crippen LogP contribution in [0.25, 0.3) is 11.3 Å². The van der Waals surface area contributed by atoms with Gasteiger partial charge in [0.1, 0.15) is 11.9 Å². The number of para-hydroxylation sites is 1. The molecule has 0 amide bonds. The van der Waals surface area contributed by atoms with Gasteiger partial charge in [-0.1, -0.05) is 17.3 Å². The molecule has 2 aromatic rings. The number of H-pyrrole nitrogens is 1. The Hall–Kier alpha value is -1.84. The lowest BCUT2D eigenvalue weighted by Crippen LogP contribution is -1.93. The Bertz CT molecular complexity index is 398. The van der Waals surface area contributed by atoms with Gasteiger partial charge in [-0.25, -0.2) is 0 Å². The van der Waals surface area contributed by atoms with Crippen molar-refractivity contribution < 1.29 is 4.74 Å². The Morgan fingerprint density at radius 2 is 2.29 bits per heavy atom. The van der Waals surface area contributed by atoms with E-state index in [4.69, 9.17) is 4.74 Å². The summed E-state index contributed by atoms with van der Waals surface area (Å²) >= 11 is 0. The molecule has 0 saturated heterocycles. The molecule has 0 saturated carbocycles. The molecule has 0 aliphatic carbocycles. The molecular formula is C10H10N3O. The number of hydrogen-bond acceptors (Lipinski definition) is 3. The lowest BCUT2D eigenvalue weighted by molar-refractivity contribution is 0.341. The highest BCUT2D eigenvalue weighted by Crippen LogP contribution is 2.26. The Kier molecular flexibility index (Phi) is 2.44. The molecule has 4 nitrogen and oxygen atoms in total. The van der Waals surface area contributed by atoms with E-state index in [0.717, 1.165) is 17.0 Å². The minimum Gasteiger partial charge on any atom is -0.493 e. The second-order valence-corrected chi connectivity index (χ2v) is 2.73. The van der Waals surface area contributed by atoms with E-state index in [9.17, 15) is 0 Å². The minimum atomic E-state index is 0.637. The number of nitrogens with zero attached hydrogens (tertiary/aromatic N) is 2. The number of aromatic amines is 1. The maximum absolute atomic E-state index is 5.47. The molecule has 2 rings (SSSR count). The predicted molar refractivity (Wildman–Crippen MR) is 51.8 cm³/mol. The van der Waals surface area contributed by atoms with Crippen LogP contribution in [0.15, 0.2) is 24.3 Å². The number of benzene rings is 1. The third-order valence-corrected chi connectivity index (χ3v) is 1.83. The summed E-state index contributed by atoms with van der Waals surface area (Å²) in [6, 6.07) is 7.72. The first-order chi connectivity index (χ1) is 6.92. The van der Waals surface area contributed by atoms with Gasteiger partial charge in [-0.05, 0) is 19.1 Å². The fraction of sp³-hybridized carbons (Fsp3) is 0.200. The van der Waals surface area contributed by atoms with E-state index in [2.05, 4.69) is 21.6 Å². The van der Waals surface area contributed by atoms with Gasteiger partial charge in [-0.3, -0.25) is 5.10 Å². The van der Waals surface area contributed by atoms with Crippen molar-refractivity contribution in [3.05, 3.63) is 30.5 Å². The van der Waals surface area contributed by atoms with Gasteiger partial charge >= 0.3 is 0 Å². The van der Waals surface area contributed by atoms with Crippen LogP contribution in [0.4, 0.5) is 0 Å². The SMILES string of the molecule is CCOc1ccccc1-c1[c]nn[nH]1. The average Bonchev–Trinajstić information content (AvgIpc) is 2.72. The lowest BCUT2D eigenvalue weighted by atomic mass is 10.1. The van der Waals surface area contributed by atoms with Crippen LogP contribution >= 0.6 is 0 Å². The number of hydrogen-bond donors (Lipinski definition) is 1. The molecule has 0 fully saturated rings. The second kappa shape index (κ2) is 3.91. The van der Waals surface area contributed by atoms with Crippen molar-refractivity contribution in [2.24, 2.45) is 0 Å². The molecule has 1 radical (unpaired) electrons. The third-order valence-electron chi connectivity index (χ3n) is 1.83. The molecular weight excluding hydrogens is 178 g/mol. The van der Waals surface area contributed by atoms with Crippen LogP contribution in [-0.4, -0.2) is 22.0 Å². The minimum absolute atomic E-state index is 0.637. The van der Waals surface area contributed by atoms with E-state index in [1.807, 2.05) is 31.2 Å². The van der Waals surface area contributed by atoms with E-state index in [1.54, 1.807) is 0 Å². The summed E-state index contributed by atoms with van der Waals surface area (Å²) in [6.45, 7) is 2.59. The first kappa shape index (κ1) is 8.74. The van der Waals surface area contributed by atoms with Gasteiger partial charge < -0.3 is 4.74 Å². The van der Waals surface area contributed by atoms with Crippen LogP contribution in [0, 0.1) is 6.20 Å². The number of rotatable bonds is 3. The van der Waals surface area contributed by atoms with Crippen LogP contribution in [0.3, 0.4) is 0 Å². The second-order valence-electron chi connectivity index (χ2n) is 2.73. The molecule has 0 aliphatic heterocycles. The molecule has 0 bridgehead atoms. The first-order valence-corrected chi connectivity index (χ1v) is 4.42. The summed E-state index contributed by atoms with van der Waals surface area (Å²) in [5, 5.41) is 9.98. The van der Waals surface area contributed by atoms with Crippen LogP contribution < -0.4 is 4.74 Å². The molecule has 14 heavy (non-hydrogen) atoms. The van der Waals surface area contributed by atoms with Crippen molar-refractivity contribution in [1.82, 2.24) is 15.4 Å². The van der Waals surface area contributed by atoms with Crippen molar-refractivity contribution in [3.63, 3.8) is 0 Å². The molecule has 1 aromatic heterocycles. The smallest absolute Gasteiger partial charge is 0.143 e. The van der Waals surface area contributed by atoms with Crippen LogP contribution in [-0.2, 0) is 0 Å². The zero-order chi connectivity index (χ0) is 9.80. The average molecular weight is 188 g/mol. The van der Waals surface area contributed by atoms with Gasteiger partial charge in [0.25, 0.3) is 0 Å². The van der Waals surface area contributed by atoms with Crippen molar-refractivity contribution in [1.29, 1.82) is 0 Å². The van der Waals surface area contributed by atoms with Crippen molar-refractivity contribution in [2.75, 3.05) is 6.61 Å². The summed E-state index contributed by atoms with van der Waals surface area (Å²) < 4.78 is 5.47. The largest absolute Gasteiger partial charge is 0.493 e. The molecule has 0 spiro atoms. The Balaban J connectivity index is 2.42.